The van der Waals surface area contributed by atoms with Crippen molar-refractivity contribution in [1.82, 2.24) is 14.5 Å². The van der Waals surface area contributed by atoms with Crippen molar-refractivity contribution in [2.75, 3.05) is 4.90 Å². The number of aryl methyl sites for hydroxylation is 1. The van der Waals surface area contributed by atoms with E-state index in [1.807, 2.05) is 128 Å². The molecule has 0 radical (unpaired) electrons. The largest absolute Gasteiger partial charge is 0.308 e. The molecule has 0 aliphatic rings. The van der Waals surface area contributed by atoms with E-state index in [1.165, 1.54) is 11.2 Å². The Balaban J connectivity index is 1.35. The van der Waals surface area contributed by atoms with Crippen molar-refractivity contribution in [2.45, 2.75) is 6.92 Å². The van der Waals surface area contributed by atoms with E-state index >= 15 is 0 Å². The molecule has 0 unspecified atom stereocenters. The number of carbonyl (C=O) groups is 2. The van der Waals surface area contributed by atoms with Gasteiger partial charge >= 0.3 is 0 Å². The molecule has 6 nitrogen and oxygen atoms in total. The number of imide groups is 1. The van der Waals surface area contributed by atoms with Crippen LogP contribution in [0.1, 0.15) is 15.9 Å². The van der Waals surface area contributed by atoms with Crippen LogP contribution in [0.4, 0.5) is 5.69 Å². The summed E-state index contributed by atoms with van der Waals surface area (Å²) in [5.74, 6) is -0.417. The Bertz CT molecular complexity index is 2490. The van der Waals surface area contributed by atoms with Crippen LogP contribution < -0.4 is 4.90 Å². The zero-order valence-corrected chi connectivity index (χ0v) is 26.7. The molecule has 6 heteroatoms. The molecule has 8 rings (SSSR count). The second-order valence-electron chi connectivity index (χ2n) is 11.9. The fraction of sp³-hybridized carbons (Fsp3) is 0.0233. The quantitative estimate of drug-likeness (QED) is 0.164. The van der Waals surface area contributed by atoms with Gasteiger partial charge in [-0.3, -0.25) is 9.59 Å². The van der Waals surface area contributed by atoms with Gasteiger partial charge in [0.25, 0.3) is 5.91 Å². The summed E-state index contributed by atoms with van der Waals surface area (Å²) in [6, 6.07) is 45.9. The molecule has 2 heterocycles. The number of nitrogens with zero attached hydrogens (tertiary/aromatic N) is 4. The summed E-state index contributed by atoms with van der Waals surface area (Å²) in [4.78, 5) is 37.9. The fourth-order valence-electron chi connectivity index (χ4n) is 6.80. The Morgan fingerprint density at radius 1 is 0.633 bits per heavy atom. The molecular formula is C43H30N4O2. The molecule has 8 aromatic rings. The number of benzene rings is 6. The minimum Gasteiger partial charge on any atom is -0.308 e. The average Bonchev–Trinajstić information content (AvgIpc) is 3.50. The van der Waals surface area contributed by atoms with Crippen LogP contribution in [-0.4, -0.2) is 26.9 Å². The first kappa shape index (κ1) is 29.7. The molecular weight excluding hydrogens is 604 g/mol. The summed E-state index contributed by atoms with van der Waals surface area (Å²) >= 11 is 0. The standard InChI is InChI=1S/C43H30N4O2/c1-29-12-10-21-40(47-39-20-9-8-17-35(39)36-19-11-18-34(42(36)47)33-25-44-27-45-26-33)41(29)43(49)46(28-48)38-23-22-32(30-13-4-2-5-14-30)24-37(38)31-15-6-3-7-16-31/h2-28H,1H3. The third-order valence-corrected chi connectivity index (χ3v) is 9.04. The van der Waals surface area contributed by atoms with Crippen molar-refractivity contribution >= 4 is 39.8 Å². The van der Waals surface area contributed by atoms with Crippen molar-refractivity contribution < 1.29 is 9.59 Å². The summed E-state index contributed by atoms with van der Waals surface area (Å²) in [6.45, 7) is 1.91. The summed E-state index contributed by atoms with van der Waals surface area (Å²) in [7, 11) is 0. The van der Waals surface area contributed by atoms with Gasteiger partial charge in [-0.2, -0.15) is 0 Å². The average molecular weight is 635 g/mol. The smallest absolute Gasteiger partial charge is 0.267 e. The Morgan fingerprint density at radius 3 is 2.06 bits per heavy atom. The van der Waals surface area contributed by atoms with Crippen molar-refractivity contribution in [3.8, 4) is 39.1 Å². The summed E-state index contributed by atoms with van der Waals surface area (Å²) in [5, 5.41) is 2.08. The van der Waals surface area contributed by atoms with Crippen LogP contribution in [0.5, 0.6) is 0 Å². The van der Waals surface area contributed by atoms with Crippen LogP contribution in [0.15, 0.2) is 158 Å². The number of fused-ring (bicyclic) bond motifs is 3. The van der Waals surface area contributed by atoms with E-state index in [9.17, 15) is 9.59 Å². The lowest BCUT2D eigenvalue weighted by Crippen LogP contribution is -2.31. The highest BCUT2D eigenvalue weighted by atomic mass is 16.2. The van der Waals surface area contributed by atoms with E-state index in [4.69, 9.17) is 0 Å². The van der Waals surface area contributed by atoms with Crippen molar-refractivity contribution in [3.05, 3.63) is 169 Å². The van der Waals surface area contributed by atoms with Gasteiger partial charge in [0, 0.05) is 39.9 Å². The number of carbonyl (C=O) groups excluding carboxylic acids is 2. The minimum absolute atomic E-state index is 0.417. The lowest BCUT2D eigenvalue weighted by atomic mass is 9.96. The lowest BCUT2D eigenvalue weighted by molar-refractivity contribution is -0.106. The van der Waals surface area contributed by atoms with Crippen molar-refractivity contribution in [2.24, 2.45) is 0 Å². The van der Waals surface area contributed by atoms with Crippen molar-refractivity contribution in [1.29, 1.82) is 0 Å². The fourth-order valence-corrected chi connectivity index (χ4v) is 6.80. The molecule has 0 spiro atoms. The van der Waals surface area contributed by atoms with Crippen LogP contribution in [-0.2, 0) is 4.79 Å². The van der Waals surface area contributed by atoms with Gasteiger partial charge in [0.15, 0.2) is 0 Å². The van der Waals surface area contributed by atoms with Gasteiger partial charge < -0.3 is 4.57 Å². The highest BCUT2D eigenvalue weighted by molar-refractivity contribution is 6.21. The van der Waals surface area contributed by atoms with Gasteiger partial charge in [-0.1, -0.05) is 115 Å². The van der Waals surface area contributed by atoms with E-state index in [-0.39, 0.29) is 0 Å². The molecule has 2 aromatic heterocycles. The topological polar surface area (TPSA) is 68.1 Å². The molecule has 0 fully saturated rings. The van der Waals surface area contributed by atoms with Gasteiger partial charge in [-0.25, -0.2) is 14.9 Å². The maximum absolute atomic E-state index is 14.9. The minimum atomic E-state index is -0.417. The summed E-state index contributed by atoms with van der Waals surface area (Å²) in [5.41, 5.74) is 9.73. The van der Waals surface area contributed by atoms with Crippen molar-refractivity contribution in [3.63, 3.8) is 0 Å². The predicted molar refractivity (Wildman–Crippen MR) is 197 cm³/mol. The van der Waals surface area contributed by atoms with Crippen LogP contribution in [0.25, 0.3) is 60.9 Å². The van der Waals surface area contributed by atoms with Gasteiger partial charge in [-0.05, 0) is 53.4 Å². The van der Waals surface area contributed by atoms with Gasteiger partial charge in [-0.15, -0.1) is 0 Å². The summed E-state index contributed by atoms with van der Waals surface area (Å²) in [6.07, 6.45) is 5.73. The monoisotopic (exact) mass is 634 g/mol. The molecule has 0 N–H and O–H groups in total. The van der Waals surface area contributed by atoms with E-state index in [1.54, 1.807) is 12.4 Å². The van der Waals surface area contributed by atoms with Crippen LogP contribution in [0.3, 0.4) is 0 Å². The third-order valence-electron chi connectivity index (χ3n) is 9.04. The van der Waals surface area contributed by atoms with Gasteiger partial charge in [0.1, 0.15) is 6.33 Å². The van der Waals surface area contributed by atoms with Crippen LogP contribution >= 0.6 is 0 Å². The van der Waals surface area contributed by atoms with Crippen LogP contribution in [0.2, 0.25) is 0 Å². The molecule has 6 aromatic carbocycles. The molecule has 234 valence electrons. The summed E-state index contributed by atoms with van der Waals surface area (Å²) < 4.78 is 2.13. The first-order chi connectivity index (χ1) is 24.1. The zero-order valence-electron chi connectivity index (χ0n) is 26.7. The number of hydrogen-bond donors (Lipinski definition) is 0. The Labute approximate surface area is 283 Å². The van der Waals surface area contributed by atoms with E-state index < -0.39 is 5.91 Å². The molecule has 0 saturated heterocycles. The molecule has 49 heavy (non-hydrogen) atoms. The number of hydrogen-bond acceptors (Lipinski definition) is 4. The Hall–Kier alpha value is -6.66. The molecule has 0 aliphatic carbocycles. The zero-order chi connectivity index (χ0) is 33.3. The van der Waals surface area contributed by atoms with E-state index in [2.05, 4.69) is 32.7 Å². The number of rotatable bonds is 7. The normalized spacial score (nSPS) is 11.1. The predicted octanol–water partition coefficient (Wildman–Crippen LogP) is 9.69. The second-order valence-corrected chi connectivity index (χ2v) is 11.9. The Kier molecular flexibility index (Phi) is 7.59. The Morgan fingerprint density at radius 2 is 1.31 bits per heavy atom. The lowest BCUT2D eigenvalue weighted by Gasteiger charge is -2.23. The maximum atomic E-state index is 14.9. The first-order valence-electron chi connectivity index (χ1n) is 16.1. The highest BCUT2D eigenvalue weighted by Gasteiger charge is 2.27. The molecule has 0 atom stereocenters. The van der Waals surface area contributed by atoms with Gasteiger partial charge in [0.05, 0.1) is 28.0 Å². The third kappa shape index (κ3) is 5.16. The maximum Gasteiger partial charge on any atom is 0.267 e. The molecule has 2 amide bonds. The van der Waals surface area contributed by atoms with E-state index in [0.29, 0.717) is 23.3 Å². The second kappa shape index (κ2) is 12.5. The number of amides is 2. The van der Waals surface area contributed by atoms with Gasteiger partial charge in [0.2, 0.25) is 6.41 Å². The van der Waals surface area contributed by atoms with E-state index in [0.717, 1.165) is 60.8 Å². The number of para-hydroxylation sites is 2. The molecule has 0 saturated carbocycles. The van der Waals surface area contributed by atoms with Crippen LogP contribution in [0, 0.1) is 6.92 Å². The number of aromatic nitrogens is 3. The molecule has 0 aliphatic heterocycles. The number of anilines is 1. The molecule has 0 bridgehead atoms. The SMILES string of the molecule is Cc1cccc(-n2c3ccccc3c3cccc(-c4cncnc4)c32)c1C(=O)N(C=O)c1ccc(-c2ccccc2)cc1-c1ccccc1. The highest BCUT2D eigenvalue weighted by Crippen LogP contribution is 2.40. The first-order valence-corrected chi connectivity index (χ1v) is 16.1.